The summed E-state index contributed by atoms with van der Waals surface area (Å²) in [7, 11) is 0. The van der Waals surface area contributed by atoms with Gasteiger partial charge in [-0.25, -0.2) is 9.48 Å². The third kappa shape index (κ3) is 3.36. The molecule has 1 unspecified atom stereocenters. The fourth-order valence-electron chi connectivity index (χ4n) is 3.08. The molecule has 1 aliphatic rings. The molecule has 0 amide bonds. The molecule has 1 aromatic rings. The molecule has 2 N–H and O–H groups in total. The van der Waals surface area contributed by atoms with Crippen LogP contribution in [0.5, 0.6) is 0 Å². The SMILES string of the molecule is CC(C)c1c(C(=O)O)nnn1CC(O)CC1CCCC1. The molecule has 1 atom stereocenters. The molecule has 0 radical (unpaired) electrons. The van der Waals surface area contributed by atoms with Gasteiger partial charge in [0.1, 0.15) is 0 Å². The van der Waals surface area contributed by atoms with Crippen molar-refractivity contribution in [1.29, 1.82) is 0 Å². The monoisotopic (exact) mass is 281 g/mol. The van der Waals surface area contributed by atoms with E-state index < -0.39 is 12.1 Å². The Morgan fingerprint density at radius 2 is 2.05 bits per heavy atom. The number of rotatable bonds is 6. The molecule has 1 aliphatic carbocycles. The number of aliphatic hydroxyl groups is 1. The lowest BCUT2D eigenvalue weighted by Gasteiger charge is -2.17. The second kappa shape index (κ2) is 6.35. The quantitative estimate of drug-likeness (QED) is 0.833. The van der Waals surface area contributed by atoms with Crippen molar-refractivity contribution < 1.29 is 15.0 Å². The van der Waals surface area contributed by atoms with Crippen LogP contribution in [0.2, 0.25) is 0 Å². The van der Waals surface area contributed by atoms with Crippen molar-refractivity contribution in [3.8, 4) is 0 Å². The second-order valence-electron chi connectivity index (χ2n) is 6.01. The van der Waals surface area contributed by atoms with Crippen molar-refractivity contribution in [2.45, 2.75) is 64.5 Å². The van der Waals surface area contributed by atoms with Gasteiger partial charge in [-0.2, -0.15) is 0 Å². The first-order chi connectivity index (χ1) is 9.49. The van der Waals surface area contributed by atoms with Crippen molar-refractivity contribution in [1.82, 2.24) is 15.0 Å². The van der Waals surface area contributed by atoms with E-state index in [1.54, 1.807) is 4.68 Å². The van der Waals surface area contributed by atoms with E-state index in [-0.39, 0.29) is 11.6 Å². The van der Waals surface area contributed by atoms with Crippen LogP contribution in [-0.2, 0) is 6.54 Å². The lowest BCUT2D eigenvalue weighted by atomic mass is 10.00. The van der Waals surface area contributed by atoms with Crippen molar-refractivity contribution in [2.75, 3.05) is 0 Å². The van der Waals surface area contributed by atoms with E-state index in [4.69, 9.17) is 5.11 Å². The summed E-state index contributed by atoms with van der Waals surface area (Å²) in [5.41, 5.74) is 0.580. The van der Waals surface area contributed by atoms with Crippen LogP contribution >= 0.6 is 0 Å². The summed E-state index contributed by atoms with van der Waals surface area (Å²) < 4.78 is 1.55. The molecule has 0 bridgehead atoms. The molecular weight excluding hydrogens is 258 g/mol. The summed E-state index contributed by atoms with van der Waals surface area (Å²) in [6.45, 7) is 4.14. The van der Waals surface area contributed by atoms with Gasteiger partial charge in [-0.05, 0) is 18.3 Å². The first-order valence-corrected chi connectivity index (χ1v) is 7.33. The highest BCUT2D eigenvalue weighted by molar-refractivity contribution is 5.86. The maximum atomic E-state index is 11.1. The minimum absolute atomic E-state index is 0.00642. The van der Waals surface area contributed by atoms with E-state index in [1.165, 1.54) is 25.7 Å². The Hall–Kier alpha value is -1.43. The van der Waals surface area contributed by atoms with E-state index in [2.05, 4.69) is 10.3 Å². The van der Waals surface area contributed by atoms with Gasteiger partial charge in [0.25, 0.3) is 0 Å². The van der Waals surface area contributed by atoms with E-state index in [1.807, 2.05) is 13.8 Å². The van der Waals surface area contributed by atoms with Crippen molar-refractivity contribution in [3.05, 3.63) is 11.4 Å². The normalized spacial score (nSPS) is 17.8. The Labute approximate surface area is 118 Å². The standard InChI is InChI=1S/C14H23N3O3/c1-9(2)13-12(14(19)20)15-16-17(13)8-11(18)7-10-5-3-4-6-10/h9-11,18H,3-8H2,1-2H3,(H,19,20). The number of aliphatic hydroxyl groups excluding tert-OH is 1. The van der Waals surface area contributed by atoms with Crippen LogP contribution < -0.4 is 0 Å². The number of hydrogen-bond donors (Lipinski definition) is 2. The van der Waals surface area contributed by atoms with Gasteiger partial charge in [-0.15, -0.1) is 5.10 Å². The zero-order chi connectivity index (χ0) is 14.7. The van der Waals surface area contributed by atoms with Crippen LogP contribution in [0.4, 0.5) is 0 Å². The van der Waals surface area contributed by atoms with E-state index in [0.717, 1.165) is 6.42 Å². The van der Waals surface area contributed by atoms with Crippen LogP contribution in [0.15, 0.2) is 0 Å². The van der Waals surface area contributed by atoms with Crippen LogP contribution in [0.3, 0.4) is 0 Å². The Kier molecular flexibility index (Phi) is 4.75. The van der Waals surface area contributed by atoms with Gasteiger partial charge in [0, 0.05) is 0 Å². The third-order valence-electron chi connectivity index (χ3n) is 3.99. The molecular formula is C14H23N3O3. The van der Waals surface area contributed by atoms with Gasteiger partial charge in [0.15, 0.2) is 5.69 Å². The van der Waals surface area contributed by atoms with Gasteiger partial charge < -0.3 is 10.2 Å². The maximum absolute atomic E-state index is 11.1. The molecule has 1 fully saturated rings. The highest BCUT2D eigenvalue weighted by atomic mass is 16.4. The van der Waals surface area contributed by atoms with Gasteiger partial charge in [-0.3, -0.25) is 0 Å². The Morgan fingerprint density at radius 1 is 1.40 bits per heavy atom. The summed E-state index contributed by atoms with van der Waals surface area (Å²) >= 11 is 0. The predicted octanol–water partition coefficient (Wildman–Crippen LogP) is 2.04. The average molecular weight is 281 g/mol. The topological polar surface area (TPSA) is 88.2 Å². The average Bonchev–Trinajstić information content (AvgIpc) is 2.97. The molecule has 0 aliphatic heterocycles. The van der Waals surface area contributed by atoms with Gasteiger partial charge in [0.2, 0.25) is 0 Å². The first kappa shape index (κ1) is 15.0. The molecule has 1 aromatic heterocycles. The van der Waals surface area contributed by atoms with Gasteiger partial charge in [-0.1, -0.05) is 44.7 Å². The van der Waals surface area contributed by atoms with Crippen molar-refractivity contribution in [3.63, 3.8) is 0 Å². The van der Waals surface area contributed by atoms with Crippen LogP contribution in [0.1, 0.15) is 68.1 Å². The number of aromatic nitrogens is 3. The minimum atomic E-state index is -1.06. The number of nitrogens with zero attached hydrogens (tertiary/aromatic N) is 3. The smallest absolute Gasteiger partial charge is 0.358 e. The number of carbonyl (C=O) groups is 1. The molecule has 0 spiro atoms. The third-order valence-corrected chi connectivity index (χ3v) is 3.99. The molecule has 0 saturated heterocycles. The largest absolute Gasteiger partial charge is 0.476 e. The summed E-state index contributed by atoms with van der Waals surface area (Å²) in [4.78, 5) is 11.1. The van der Waals surface area contributed by atoms with Crippen molar-refractivity contribution in [2.24, 2.45) is 5.92 Å². The summed E-state index contributed by atoms with van der Waals surface area (Å²) in [6, 6.07) is 0. The zero-order valence-electron chi connectivity index (χ0n) is 12.1. The molecule has 20 heavy (non-hydrogen) atoms. The Morgan fingerprint density at radius 3 is 2.60 bits per heavy atom. The van der Waals surface area contributed by atoms with E-state index in [0.29, 0.717) is 18.2 Å². The summed E-state index contributed by atoms with van der Waals surface area (Å²) in [5, 5.41) is 26.9. The Balaban J connectivity index is 2.06. The highest BCUT2D eigenvalue weighted by Crippen LogP contribution is 2.29. The lowest BCUT2D eigenvalue weighted by Crippen LogP contribution is -2.22. The van der Waals surface area contributed by atoms with Crippen LogP contribution in [0, 0.1) is 5.92 Å². The molecule has 6 heteroatoms. The first-order valence-electron chi connectivity index (χ1n) is 7.33. The lowest BCUT2D eigenvalue weighted by molar-refractivity contribution is 0.0688. The molecule has 1 heterocycles. The molecule has 6 nitrogen and oxygen atoms in total. The highest BCUT2D eigenvalue weighted by Gasteiger charge is 2.24. The van der Waals surface area contributed by atoms with E-state index >= 15 is 0 Å². The predicted molar refractivity (Wildman–Crippen MR) is 73.7 cm³/mol. The summed E-state index contributed by atoms with van der Waals surface area (Å²) in [5.74, 6) is -0.463. The van der Waals surface area contributed by atoms with Crippen LogP contribution in [-0.4, -0.2) is 37.3 Å². The number of aromatic carboxylic acids is 1. The Bertz CT molecular complexity index is 464. The molecule has 2 rings (SSSR count). The summed E-state index contributed by atoms with van der Waals surface area (Å²) in [6.07, 6.45) is 5.15. The van der Waals surface area contributed by atoms with Gasteiger partial charge >= 0.3 is 5.97 Å². The fourth-order valence-corrected chi connectivity index (χ4v) is 3.08. The molecule has 0 aromatic carbocycles. The van der Waals surface area contributed by atoms with Crippen molar-refractivity contribution >= 4 is 5.97 Å². The van der Waals surface area contributed by atoms with E-state index in [9.17, 15) is 9.90 Å². The van der Waals surface area contributed by atoms with Gasteiger partial charge in [0.05, 0.1) is 18.3 Å². The fraction of sp³-hybridized carbons (Fsp3) is 0.786. The number of carboxylic acid groups (broad SMARTS) is 1. The number of carboxylic acids is 1. The number of hydrogen-bond acceptors (Lipinski definition) is 4. The zero-order valence-corrected chi connectivity index (χ0v) is 12.1. The molecule has 112 valence electrons. The molecule has 1 saturated carbocycles. The van der Waals surface area contributed by atoms with Crippen LogP contribution in [0.25, 0.3) is 0 Å². The maximum Gasteiger partial charge on any atom is 0.358 e. The minimum Gasteiger partial charge on any atom is -0.476 e. The second-order valence-corrected chi connectivity index (χ2v) is 6.01.